The van der Waals surface area contributed by atoms with Crippen molar-refractivity contribution >= 4 is 0 Å². The van der Waals surface area contributed by atoms with Gasteiger partial charge in [-0.2, -0.15) is 5.10 Å². The molecule has 2 atom stereocenters. The zero-order valence-corrected chi connectivity index (χ0v) is 11.6. The minimum absolute atomic E-state index is 0.366. The van der Waals surface area contributed by atoms with Crippen molar-refractivity contribution < 1.29 is 4.74 Å². The lowest BCUT2D eigenvalue weighted by atomic mass is 9.98. The fraction of sp³-hybridized carbons (Fsp3) is 0.769. The molecule has 0 amide bonds. The third-order valence-electron chi connectivity index (χ3n) is 3.88. The van der Waals surface area contributed by atoms with Gasteiger partial charge in [-0.25, -0.2) is 0 Å². The van der Waals surface area contributed by atoms with Crippen LogP contribution in [0.25, 0.3) is 0 Å². The largest absolute Gasteiger partial charge is 0.381 e. The van der Waals surface area contributed by atoms with E-state index in [1.807, 2.05) is 11.7 Å². The van der Waals surface area contributed by atoms with E-state index in [4.69, 9.17) is 10.5 Å². The first-order chi connectivity index (χ1) is 8.63. The van der Waals surface area contributed by atoms with Gasteiger partial charge in [-0.05, 0) is 19.8 Å². The molecule has 1 aromatic rings. The van der Waals surface area contributed by atoms with Gasteiger partial charge in [0.05, 0.1) is 11.8 Å². The topological polar surface area (TPSA) is 56.3 Å². The number of methoxy groups -OCH3 is 1. The third kappa shape index (κ3) is 2.91. The first-order valence-corrected chi connectivity index (χ1v) is 6.60. The third-order valence-corrected chi connectivity index (χ3v) is 3.88. The van der Waals surface area contributed by atoms with Crippen molar-refractivity contribution in [2.24, 2.45) is 12.8 Å². The average Bonchev–Trinajstić information content (AvgIpc) is 2.68. The molecule has 102 valence electrons. The summed E-state index contributed by atoms with van der Waals surface area (Å²) < 4.78 is 7.33. The number of hydrogen-bond acceptors (Lipinski definition) is 4. The van der Waals surface area contributed by atoms with Crippen LogP contribution in [0.1, 0.15) is 24.1 Å². The molecular weight excluding hydrogens is 228 g/mol. The SMILES string of the molecule is COC1CCN(Cc2cn(C)nc2C)C(CN)C1. The van der Waals surface area contributed by atoms with Crippen LogP contribution in [0.5, 0.6) is 0 Å². The molecular formula is C13H24N4O. The van der Waals surface area contributed by atoms with Gasteiger partial charge in [0.25, 0.3) is 0 Å². The smallest absolute Gasteiger partial charge is 0.0638 e. The van der Waals surface area contributed by atoms with Crippen molar-refractivity contribution in [3.8, 4) is 0 Å². The van der Waals surface area contributed by atoms with Crippen LogP contribution in [-0.4, -0.2) is 47.0 Å². The minimum atomic E-state index is 0.366. The molecule has 5 heteroatoms. The summed E-state index contributed by atoms with van der Waals surface area (Å²) in [7, 11) is 3.76. The van der Waals surface area contributed by atoms with Gasteiger partial charge in [-0.1, -0.05) is 0 Å². The van der Waals surface area contributed by atoms with Gasteiger partial charge in [0.1, 0.15) is 0 Å². The monoisotopic (exact) mass is 252 g/mol. The summed E-state index contributed by atoms with van der Waals surface area (Å²) in [6, 6.07) is 0.420. The molecule has 1 aromatic heterocycles. The van der Waals surface area contributed by atoms with Crippen LogP contribution in [0.2, 0.25) is 0 Å². The summed E-state index contributed by atoms with van der Waals surface area (Å²) >= 11 is 0. The summed E-state index contributed by atoms with van der Waals surface area (Å²) in [5.41, 5.74) is 8.30. The molecule has 2 unspecified atom stereocenters. The lowest BCUT2D eigenvalue weighted by molar-refractivity contribution is 0.0101. The van der Waals surface area contributed by atoms with Gasteiger partial charge in [0, 0.05) is 51.6 Å². The fourth-order valence-corrected chi connectivity index (χ4v) is 2.75. The Hall–Kier alpha value is -0.910. The number of nitrogens with zero attached hydrogens (tertiary/aromatic N) is 3. The summed E-state index contributed by atoms with van der Waals surface area (Å²) in [5, 5.41) is 4.39. The number of likely N-dealkylation sites (tertiary alicyclic amines) is 1. The molecule has 5 nitrogen and oxygen atoms in total. The molecule has 0 spiro atoms. The second kappa shape index (κ2) is 5.82. The average molecular weight is 252 g/mol. The van der Waals surface area contributed by atoms with Gasteiger partial charge in [-0.3, -0.25) is 9.58 Å². The lowest BCUT2D eigenvalue weighted by Crippen LogP contribution is -2.48. The number of rotatable bonds is 4. The molecule has 0 bridgehead atoms. The normalized spacial score (nSPS) is 25.6. The van der Waals surface area contributed by atoms with Gasteiger partial charge < -0.3 is 10.5 Å². The van der Waals surface area contributed by atoms with E-state index in [0.717, 1.165) is 31.6 Å². The molecule has 1 fully saturated rings. The van der Waals surface area contributed by atoms with E-state index in [0.29, 0.717) is 18.7 Å². The van der Waals surface area contributed by atoms with E-state index in [9.17, 15) is 0 Å². The predicted octanol–water partition coefficient (Wildman–Crippen LogP) is 0.667. The maximum atomic E-state index is 5.89. The van der Waals surface area contributed by atoms with Gasteiger partial charge in [0.2, 0.25) is 0 Å². The van der Waals surface area contributed by atoms with E-state index in [2.05, 4.69) is 23.1 Å². The van der Waals surface area contributed by atoms with Crippen LogP contribution >= 0.6 is 0 Å². The Morgan fingerprint density at radius 3 is 2.89 bits per heavy atom. The van der Waals surface area contributed by atoms with Gasteiger partial charge in [-0.15, -0.1) is 0 Å². The number of aromatic nitrogens is 2. The number of nitrogens with two attached hydrogens (primary N) is 1. The standard InChI is InChI=1S/C13H24N4O/c1-10-11(8-16(2)15-10)9-17-5-4-13(18-3)6-12(17)7-14/h8,12-13H,4-7,9,14H2,1-3H3. The van der Waals surface area contributed by atoms with Crippen LogP contribution in [0.15, 0.2) is 6.20 Å². The van der Waals surface area contributed by atoms with Crippen molar-refractivity contribution in [2.75, 3.05) is 20.2 Å². The van der Waals surface area contributed by atoms with Crippen LogP contribution < -0.4 is 5.73 Å². The maximum Gasteiger partial charge on any atom is 0.0638 e. The summed E-state index contributed by atoms with van der Waals surface area (Å²) in [5.74, 6) is 0. The molecule has 0 aromatic carbocycles. The minimum Gasteiger partial charge on any atom is -0.381 e. The Labute approximate surface area is 109 Å². The maximum absolute atomic E-state index is 5.89. The Balaban J connectivity index is 2.02. The van der Waals surface area contributed by atoms with E-state index < -0.39 is 0 Å². The molecule has 1 aliphatic heterocycles. The molecule has 2 heterocycles. The highest BCUT2D eigenvalue weighted by Crippen LogP contribution is 2.21. The van der Waals surface area contributed by atoms with E-state index in [-0.39, 0.29) is 0 Å². The molecule has 2 N–H and O–H groups in total. The highest BCUT2D eigenvalue weighted by Gasteiger charge is 2.27. The fourth-order valence-electron chi connectivity index (χ4n) is 2.75. The number of piperidine rings is 1. The van der Waals surface area contributed by atoms with Crippen molar-refractivity contribution in [2.45, 2.75) is 38.5 Å². The van der Waals surface area contributed by atoms with Crippen molar-refractivity contribution in [1.29, 1.82) is 0 Å². The molecule has 1 aliphatic rings. The summed E-state index contributed by atoms with van der Waals surface area (Å²) in [4.78, 5) is 2.46. The first kappa shape index (κ1) is 13.5. The Bertz CT molecular complexity index is 390. The van der Waals surface area contributed by atoms with Crippen LogP contribution in [0.4, 0.5) is 0 Å². The molecule has 0 aliphatic carbocycles. The summed E-state index contributed by atoms with van der Waals surface area (Å²) in [6.07, 6.45) is 4.59. The number of ether oxygens (including phenoxy) is 1. The molecule has 0 saturated carbocycles. The Morgan fingerprint density at radius 2 is 2.33 bits per heavy atom. The lowest BCUT2D eigenvalue weighted by Gasteiger charge is -2.38. The first-order valence-electron chi connectivity index (χ1n) is 6.60. The van der Waals surface area contributed by atoms with Gasteiger partial charge in [0.15, 0.2) is 0 Å². The molecule has 2 rings (SSSR count). The van der Waals surface area contributed by atoms with E-state index in [1.165, 1.54) is 5.56 Å². The Morgan fingerprint density at radius 1 is 1.56 bits per heavy atom. The second-order valence-electron chi connectivity index (χ2n) is 5.16. The highest BCUT2D eigenvalue weighted by atomic mass is 16.5. The highest BCUT2D eigenvalue weighted by molar-refractivity contribution is 5.15. The van der Waals surface area contributed by atoms with Crippen LogP contribution in [-0.2, 0) is 18.3 Å². The van der Waals surface area contributed by atoms with Crippen molar-refractivity contribution in [3.63, 3.8) is 0 Å². The van der Waals surface area contributed by atoms with Crippen molar-refractivity contribution in [3.05, 3.63) is 17.5 Å². The zero-order chi connectivity index (χ0) is 13.1. The molecule has 18 heavy (non-hydrogen) atoms. The van der Waals surface area contributed by atoms with Crippen LogP contribution in [0, 0.1) is 6.92 Å². The number of hydrogen-bond donors (Lipinski definition) is 1. The molecule has 1 saturated heterocycles. The van der Waals surface area contributed by atoms with Crippen molar-refractivity contribution in [1.82, 2.24) is 14.7 Å². The van der Waals surface area contributed by atoms with Gasteiger partial charge >= 0.3 is 0 Å². The number of aryl methyl sites for hydroxylation is 2. The molecule has 0 radical (unpaired) electrons. The zero-order valence-electron chi connectivity index (χ0n) is 11.6. The predicted molar refractivity (Wildman–Crippen MR) is 71.2 cm³/mol. The summed E-state index contributed by atoms with van der Waals surface area (Å²) in [6.45, 7) is 4.75. The second-order valence-corrected chi connectivity index (χ2v) is 5.16. The van der Waals surface area contributed by atoms with E-state index in [1.54, 1.807) is 7.11 Å². The van der Waals surface area contributed by atoms with E-state index >= 15 is 0 Å². The Kier molecular flexibility index (Phi) is 4.37. The quantitative estimate of drug-likeness (QED) is 0.855. The van der Waals surface area contributed by atoms with Crippen LogP contribution in [0.3, 0.4) is 0 Å².